The second-order valence-corrected chi connectivity index (χ2v) is 7.85. The Bertz CT molecular complexity index is 1060. The molecule has 1 N–H and O–H groups in total. The van der Waals surface area contributed by atoms with Crippen LogP contribution in [0.3, 0.4) is 0 Å². The van der Waals surface area contributed by atoms with Crippen molar-refractivity contribution in [3.8, 4) is 11.5 Å². The van der Waals surface area contributed by atoms with Gasteiger partial charge < -0.3 is 19.5 Å². The molecule has 0 saturated heterocycles. The van der Waals surface area contributed by atoms with E-state index in [2.05, 4.69) is 5.32 Å². The zero-order valence-corrected chi connectivity index (χ0v) is 18.4. The Morgan fingerprint density at radius 1 is 0.875 bits per heavy atom. The minimum atomic E-state index is -0.645. The van der Waals surface area contributed by atoms with Crippen molar-refractivity contribution >= 4 is 29.0 Å². The number of Topliss-reactive ketones (excluding diaryl/α,β-unsaturated/α-hetero) is 1. The Kier molecular flexibility index (Phi) is 8.39. The van der Waals surface area contributed by atoms with Crippen LogP contribution in [0, 0.1) is 0 Å². The Labute approximate surface area is 189 Å². The second-order valence-electron chi connectivity index (χ2n) is 6.68. The van der Waals surface area contributed by atoms with Gasteiger partial charge in [-0.05, 0) is 36.4 Å². The predicted molar refractivity (Wildman–Crippen MR) is 120 cm³/mol. The maximum Gasteiger partial charge on any atom is 0.342 e. The molecule has 0 unspecified atom stereocenters. The molecule has 0 spiro atoms. The van der Waals surface area contributed by atoms with Gasteiger partial charge in [-0.1, -0.05) is 30.3 Å². The molecule has 0 bridgehead atoms. The number of benzene rings is 2. The van der Waals surface area contributed by atoms with Gasteiger partial charge in [0.1, 0.15) is 30.3 Å². The molecule has 2 aromatic carbocycles. The van der Waals surface area contributed by atoms with Crippen molar-refractivity contribution in [3.63, 3.8) is 0 Å². The van der Waals surface area contributed by atoms with Crippen LogP contribution in [-0.2, 0) is 16.1 Å². The van der Waals surface area contributed by atoms with E-state index in [0.717, 1.165) is 10.6 Å². The number of rotatable bonds is 11. The normalized spacial score (nSPS) is 10.3. The first-order valence-corrected chi connectivity index (χ1v) is 10.8. The molecule has 1 heterocycles. The minimum absolute atomic E-state index is 0.146. The highest BCUT2D eigenvalue weighted by Gasteiger charge is 2.17. The lowest BCUT2D eigenvalue weighted by Crippen LogP contribution is -2.18. The van der Waals surface area contributed by atoms with Crippen LogP contribution in [-0.4, -0.2) is 37.5 Å². The van der Waals surface area contributed by atoms with Crippen LogP contribution in [0.2, 0.25) is 0 Å². The van der Waals surface area contributed by atoms with Crippen molar-refractivity contribution in [1.29, 1.82) is 0 Å². The highest BCUT2D eigenvalue weighted by Crippen LogP contribution is 2.20. The third kappa shape index (κ3) is 6.95. The van der Waals surface area contributed by atoms with E-state index >= 15 is 0 Å². The molecule has 0 atom stereocenters. The summed E-state index contributed by atoms with van der Waals surface area (Å²) in [4.78, 5) is 37.2. The van der Waals surface area contributed by atoms with E-state index in [9.17, 15) is 14.4 Å². The lowest BCUT2D eigenvalue weighted by molar-refractivity contribution is -0.119. The molecule has 1 amide bonds. The van der Waals surface area contributed by atoms with Crippen LogP contribution in [0.5, 0.6) is 11.5 Å². The van der Waals surface area contributed by atoms with Crippen LogP contribution < -0.4 is 14.8 Å². The Balaban J connectivity index is 1.49. The lowest BCUT2D eigenvalue weighted by atomic mass is 10.2. The Morgan fingerprint density at radius 3 is 2.38 bits per heavy atom. The number of hydrogen-bond donors (Lipinski definition) is 1. The monoisotopic (exact) mass is 453 g/mol. The van der Waals surface area contributed by atoms with Crippen molar-refractivity contribution < 1.29 is 28.6 Å². The summed E-state index contributed by atoms with van der Waals surface area (Å²) in [6.45, 7) is 1.95. The summed E-state index contributed by atoms with van der Waals surface area (Å²) in [5, 5.41) is 2.67. The number of hydrogen-bond acceptors (Lipinski definition) is 7. The molecule has 8 heteroatoms. The molecule has 32 heavy (non-hydrogen) atoms. The van der Waals surface area contributed by atoms with E-state index in [1.165, 1.54) is 18.3 Å². The molecule has 0 fully saturated rings. The summed E-state index contributed by atoms with van der Waals surface area (Å²) in [5.41, 5.74) is 0.234. The summed E-state index contributed by atoms with van der Waals surface area (Å²) < 4.78 is 16.5. The van der Waals surface area contributed by atoms with Gasteiger partial charge in [0.05, 0.1) is 11.4 Å². The van der Waals surface area contributed by atoms with E-state index in [0.29, 0.717) is 23.8 Å². The van der Waals surface area contributed by atoms with Gasteiger partial charge in [0.2, 0.25) is 11.7 Å². The first-order chi connectivity index (χ1) is 15.5. The summed E-state index contributed by atoms with van der Waals surface area (Å²) in [5.74, 6) is -0.0146. The second kappa shape index (κ2) is 11.7. The Morgan fingerprint density at radius 2 is 1.59 bits per heavy atom. The molecule has 3 aromatic rings. The van der Waals surface area contributed by atoms with Gasteiger partial charge in [0, 0.05) is 11.8 Å². The number of esters is 1. The molecular formula is C24H23NO6S. The standard InChI is InChI=1S/C24H23NO6S/c1-17(26)25-15-19-11-12-23(32-19)21(27)16-31-24(28)20-9-5-6-10-22(20)30-14-13-29-18-7-3-2-4-8-18/h2-12H,13-16H2,1H3,(H,25,26). The average Bonchev–Trinajstić information content (AvgIpc) is 3.29. The molecule has 166 valence electrons. The van der Waals surface area contributed by atoms with Gasteiger partial charge in [0.25, 0.3) is 0 Å². The van der Waals surface area contributed by atoms with Crippen LogP contribution >= 0.6 is 11.3 Å². The third-order valence-electron chi connectivity index (χ3n) is 4.24. The van der Waals surface area contributed by atoms with Crippen LogP contribution in [0.4, 0.5) is 0 Å². The van der Waals surface area contributed by atoms with Gasteiger partial charge in [-0.25, -0.2) is 4.79 Å². The number of ketones is 1. The number of carbonyl (C=O) groups is 3. The SMILES string of the molecule is CC(=O)NCc1ccc(C(=O)COC(=O)c2ccccc2OCCOc2ccccc2)s1. The Hall–Kier alpha value is -3.65. The van der Waals surface area contributed by atoms with Gasteiger partial charge in [-0.2, -0.15) is 0 Å². The van der Waals surface area contributed by atoms with Crippen molar-refractivity contribution in [3.05, 3.63) is 82.0 Å². The number of ether oxygens (including phenoxy) is 3. The highest BCUT2D eigenvalue weighted by molar-refractivity contribution is 7.14. The molecule has 3 rings (SSSR count). The van der Waals surface area contributed by atoms with Crippen LogP contribution in [0.25, 0.3) is 0 Å². The van der Waals surface area contributed by atoms with E-state index in [4.69, 9.17) is 14.2 Å². The van der Waals surface area contributed by atoms with Crippen LogP contribution in [0.15, 0.2) is 66.7 Å². The maximum absolute atomic E-state index is 12.5. The molecule has 0 aliphatic carbocycles. The topological polar surface area (TPSA) is 90.9 Å². The number of carbonyl (C=O) groups excluding carboxylic acids is 3. The maximum atomic E-state index is 12.5. The minimum Gasteiger partial charge on any atom is -0.490 e. The summed E-state index contributed by atoms with van der Waals surface area (Å²) in [6, 6.07) is 19.4. The third-order valence-corrected chi connectivity index (χ3v) is 5.37. The van der Waals surface area contributed by atoms with E-state index in [1.807, 2.05) is 30.3 Å². The molecule has 0 aliphatic rings. The first kappa shape index (κ1) is 23.0. The molecule has 0 saturated carbocycles. The molecule has 0 radical (unpaired) electrons. The lowest BCUT2D eigenvalue weighted by Gasteiger charge is -2.11. The largest absolute Gasteiger partial charge is 0.490 e. The zero-order valence-electron chi connectivity index (χ0n) is 17.5. The van der Waals surface area contributed by atoms with Gasteiger partial charge >= 0.3 is 5.97 Å². The van der Waals surface area contributed by atoms with Crippen LogP contribution in [0.1, 0.15) is 31.8 Å². The number of nitrogens with one attached hydrogen (secondary N) is 1. The summed E-state index contributed by atoms with van der Waals surface area (Å²) >= 11 is 1.25. The number of thiophene rings is 1. The van der Waals surface area contributed by atoms with Gasteiger partial charge in [0.15, 0.2) is 6.61 Å². The quantitative estimate of drug-likeness (QED) is 0.269. The van der Waals surface area contributed by atoms with E-state index in [1.54, 1.807) is 36.4 Å². The van der Waals surface area contributed by atoms with Crippen molar-refractivity contribution in [2.45, 2.75) is 13.5 Å². The number of para-hydroxylation sites is 2. The molecule has 0 aliphatic heterocycles. The fourth-order valence-electron chi connectivity index (χ4n) is 2.70. The van der Waals surface area contributed by atoms with Crippen molar-refractivity contribution in [1.82, 2.24) is 5.32 Å². The predicted octanol–water partition coefficient (Wildman–Crippen LogP) is 3.88. The summed E-state index contributed by atoms with van der Waals surface area (Å²) in [6.07, 6.45) is 0. The molecular weight excluding hydrogens is 430 g/mol. The first-order valence-electron chi connectivity index (χ1n) is 9.96. The summed E-state index contributed by atoms with van der Waals surface area (Å²) in [7, 11) is 0. The zero-order chi connectivity index (χ0) is 22.8. The smallest absolute Gasteiger partial charge is 0.342 e. The number of amides is 1. The van der Waals surface area contributed by atoms with E-state index < -0.39 is 5.97 Å². The van der Waals surface area contributed by atoms with Crippen molar-refractivity contribution in [2.24, 2.45) is 0 Å². The van der Waals surface area contributed by atoms with E-state index in [-0.39, 0.29) is 30.5 Å². The molecule has 1 aromatic heterocycles. The van der Waals surface area contributed by atoms with Gasteiger partial charge in [-0.15, -0.1) is 11.3 Å². The fourth-order valence-corrected chi connectivity index (χ4v) is 3.58. The molecule has 7 nitrogen and oxygen atoms in total. The highest BCUT2D eigenvalue weighted by atomic mass is 32.1. The average molecular weight is 454 g/mol. The van der Waals surface area contributed by atoms with Gasteiger partial charge in [-0.3, -0.25) is 9.59 Å². The van der Waals surface area contributed by atoms with Crippen molar-refractivity contribution in [2.75, 3.05) is 19.8 Å². The fraction of sp³-hybridized carbons (Fsp3) is 0.208.